The fourth-order valence-electron chi connectivity index (χ4n) is 1.62. The summed E-state index contributed by atoms with van der Waals surface area (Å²) in [6.07, 6.45) is 4.54. The highest BCUT2D eigenvalue weighted by Gasteiger charge is 2.20. The smallest absolute Gasteiger partial charge is 0.305 e. The van der Waals surface area contributed by atoms with Crippen molar-refractivity contribution in [3.05, 3.63) is 9.15 Å². The molecular weight excluding hydrogens is 307 g/mol. The second-order valence-corrected chi connectivity index (χ2v) is 4.89. The zero-order valence-electron chi connectivity index (χ0n) is 8.85. The molecule has 0 unspecified atom stereocenters. The highest BCUT2D eigenvalue weighted by molar-refractivity contribution is 14.1. The SMILES string of the molecule is COC(=O)CCCCC1=C(I)CCC1=O. The zero-order valence-corrected chi connectivity index (χ0v) is 11.0. The maximum absolute atomic E-state index is 11.4. The summed E-state index contributed by atoms with van der Waals surface area (Å²) in [5, 5.41) is 0. The van der Waals surface area contributed by atoms with Crippen molar-refractivity contribution in [1.29, 1.82) is 0 Å². The van der Waals surface area contributed by atoms with E-state index in [4.69, 9.17) is 0 Å². The number of carbonyl (C=O) groups excluding carboxylic acids is 2. The molecule has 0 aliphatic heterocycles. The van der Waals surface area contributed by atoms with Gasteiger partial charge in [0.1, 0.15) is 0 Å². The number of ketones is 1. The minimum absolute atomic E-state index is 0.170. The maximum Gasteiger partial charge on any atom is 0.305 e. The number of carbonyl (C=O) groups is 2. The molecule has 0 bridgehead atoms. The Labute approximate surface area is 103 Å². The van der Waals surface area contributed by atoms with E-state index < -0.39 is 0 Å². The molecule has 0 atom stereocenters. The third kappa shape index (κ3) is 3.93. The van der Waals surface area contributed by atoms with Gasteiger partial charge in [-0.15, -0.1) is 0 Å². The standard InChI is InChI=1S/C11H15IO3/c1-15-11(14)5-3-2-4-8-9(12)6-7-10(8)13/h2-7H2,1H3. The van der Waals surface area contributed by atoms with Crippen LogP contribution >= 0.6 is 22.6 Å². The number of hydrogen-bond acceptors (Lipinski definition) is 3. The first-order valence-electron chi connectivity index (χ1n) is 5.12. The first-order chi connectivity index (χ1) is 7.15. The molecule has 1 aliphatic rings. The van der Waals surface area contributed by atoms with Crippen LogP contribution in [-0.4, -0.2) is 18.9 Å². The summed E-state index contributed by atoms with van der Waals surface area (Å²) < 4.78 is 5.75. The van der Waals surface area contributed by atoms with Crippen LogP contribution in [0.4, 0.5) is 0 Å². The average Bonchev–Trinajstić information content (AvgIpc) is 2.54. The van der Waals surface area contributed by atoms with Gasteiger partial charge in [-0.1, -0.05) is 0 Å². The van der Waals surface area contributed by atoms with Crippen LogP contribution in [0.2, 0.25) is 0 Å². The van der Waals surface area contributed by atoms with Gasteiger partial charge in [-0.05, 0) is 51.9 Å². The molecule has 0 aromatic carbocycles. The Morgan fingerprint density at radius 1 is 1.40 bits per heavy atom. The molecule has 4 heteroatoms. The predicted molar refractivity (Wildman–Crippen MR) is 65.8 cm³/mol. The van der Waals surface area contributed by atoms with Gasteiger partial charge in [-0.25, -0.2) is 0 Å². The third-order valence-corrected chi connectivity index (χ3v) is 3.71. The Hall–Kier alpha value is -0.390. The number of methoxy groups -OCH3 is 1. The summed E-state index contributed by atoms with van der Waals surface area (Å²) in [6.45, 7) is 0. The van der Waals surface area contributed by atoms with Gasteiger partial charge >= 0.3 is 5.97 Å². The van der Waals surface area contributed by atoms with Crippen LogP contribution in [0.25, 0.3) is 0 Å². The Bertz CT molecular complexity index is 294. The second kappa shape index (κ2) is 6.25. The number of Topliss-reactive ketones (excluding diaryl/α,β-unsaturated/α-hetero) is 1. The fraction of sp³-hybridized carbons (Fsp3) is 0.636. The topological polar surface area (TPSA) is 43.4 Å². The van der Waals surface area contributed by atoms with E-state index in [9.17, 15) is 9.59 Å². The predicted octanol–water partition coefficient (Wildman–Crippen LogP) is 2.77. The molecule has 15 heavy (non-hydrogen) atoms. The molecule has 0 saturated heterocycles. The van der Waals surface area contributed by atoms with E-state index in [2.05, 4.69) is 27.3 Å². The number of ether oxygens (including phenoxy) is 1. The summed E-state index contributed by atoms with van der Waals surface area (Å²) in [5.74, 6) is 0.119. The molecule has 0 amide bonds. The van der Waals surface area contributed by atoms with Crippen molar-refractivity contribution in [3.8, 4) is 0 Å². The van der Waals surface area contributed by atoms with Gasteiger partial charge in [0, 0.05) is 18.4 Å². The lowest BCUT2D eigenvalue weighted by Crippen LogP contribution is -2.00. The van der Waals surface area contributed by atoms with Crippen LogP contribution in [0.15, 0.2) is 9.15 Å². The fourth-order valence-corrected chi connectivity index (χ4v) is 2.46. The number of halogens is 1. The zero-order chi connectivity index (χ0) is 11.3. The van der Waals surface area contributed by atoms with Crippen molar-refractivity contribution in [2.75, 3.05) is 7.11 Å². The Morgan fingerprint density at radius 2 is 2.13 bits per heavy atom. The minimum atomic E-state index is -0.170. The van der Waals surface area contributed by atoms with Crippen molar-refractivity contribution < 1.29 is 14.3 Å². The van der Waals surface area contributed by atoms with Crippen LogP contribution in [0, 0.1) is 0 Å². The maximum atomic E-state index is 11.4. The molecule has 0 radical (unpaired) electrons. The van der Waals surface area contributed by atoms with Gasteiger partial charge in [-0.3, -0.25) is 9.59 Å². The van der Waals surface area contributed by atoms with E-state index in [0.29, 0.717) is 12.8 Å². The molecule has 0 spiro atoms. The van der Waals surface area contributed by atoms with Gasteiger partial charge in [0.05, 0.1) is 7.11 Å². The van der Waals surface area contributed by atoms with E-state index in [1.807, 2.05) is 0 Å². The molecule has 0 N–H and O–H groups in total. The Balaban J connectivity index is 2.23. The number of hydrogen-bond donors (Lipinski definition) is 0. The summed E-state index contributed by atoms with van der Waals surface area (Å²) in [7, 11) is 1.40. The third-order valence-electron chi connectivity index (χ3n) is 2.52. The Morgan fingerprint density at radius 3 is 2.67 bits per heavy atom. The van der Waals surface area contributed by atoms with Gasteiger partial charge in [-0.2, -0.15) is 0 Å². The van der Waals surface area contributed by atoms with Crippen molar-refractivity contribution >= 4 is 34.3 Å². The number of allylic oxidation sites excluding steroid dienone is 2. The molecule has 3 nitrogen and oxygen atoms in total. The lowest BCUT2D eigenvalue weighted by molar-refractivity contribution is -0.140. The molecule has 0 heterocycles. The molecule has 0 aromatic rings. The van der Waals surface area contributed by atoms with Crippen LogP contribution in [0.5, 0.6) is 0 Å². The largest absolute Gasteiger partial charge is 0.469 e. The first kappa shape index (κ1) is 12.7. The summed E-state index contributed by atoms with van der Waals surface area (Å²) in [6, 6.07) is 0. The van der Waals surface area contributed by atoms with Gasteiger partial charge in [0.25, 0.3) is 0 Å². The van der Waals surface area contributed by atoms with Crippen LogP contribution in [0.3, 0.4) is 0 Å². The number of rotatable bonds is 5. The highest BCUT2D eigenvalue weighted by atomic mass is 127. The molecule has 0 fully saturated rings. The monoisotopic (exact) mass is 322 g/mol. The molecule has 1 aliphatic carbocycles. The number of unbranched alkanes of at least 4 members (excludes halogenated alkanes) is 1. The summed E-state index contributed by atoms with van der Waals surface area (Å²) in [5.41, 5.74) is 0.987. The van der Waals surface area contributed by atoms with Crippen molar-refractivity contribution in [2.24, 2.45) is 0 Å². The Kier molecular flexibility index (Phi) is 5.28. The molecule has 84 valence electrons. The van der Waals surface area contributed by atoms with Crippen LogP contribution in [0.1, 0.15) is 38.5 Å². The molecule has 0 aromatic heterocycles. The van der Waals surface area contributed by atoms with E-state index in [1.54, 1.807) is 0 Å². The quantitative estimate of drug-likeness (QED) is 0.444. The average molecular weight is 322 g/mol. The van der Waals surface area contributed by atoms with Crippen molar-refractivity contribution in [1.82, 2.24) is 0 Å². The van der Waals surface area contributed by atoms with Gasteiger partial charge < -0.3 is 4.74 Å². The molecule has 1 rings (SSSR count). The lowest BCUT2D eigenvalue weighted by atomic mass is 10.1. The van der Waals surface area contributed by atoms with Gasteiger partial charge in [0.2, 0.25) is 0 Å². The lowest BCUT2D eigenvalue weighted by Gasteiger charge is -2.01. The van der Waals surface area contributed by atoms with Gasteiger partial charge in [0.15, 0.2) is 5.78 Å². The van der Waals surface area contributed by atoms with E-state index in [0.717, 1.165) is 31.3 Å². The number of esters is 1. The normalized spacial score (nSPS) is 16.0. The van der Waals surface area contributed by atoms with Crippen LogP contribution < -0.4 is 0 Å². The minimum Gasteiger partial charge on any atom is -0.469 e. The van der Waals surface area contributed by atoms with Crippen LogP contribution in [-0.2, 0) is 14.3 Å². The molecular formula is C11H15IO3. The van der Waals surface area contributed by atoms with Crippen molar-refractivity contribution in [2.45, 2.75) is 38.5 Å². The van der Waals surface area contributed by atoms with E-state index in [1.165, 1.54) is 10.7 Å². The van der Waals surface area contributed by atoms with E-state index in [-0.39, 0.29) is 11.8 Å². The second-order valence-electron chi connectivity index (χ2n) is 3.59. The summed E-state index contributed by atoms with van der Waals surface area (Å²) in [4.78, 5) is 22.2. The summed E-state index contributed by atoms with van der Waals surface area (Å²) >= 11 is 2.25. The highest BCUT2D eigenvalue weighted by Crippen LogP contribution is 2.31. The first-order valence-corrected chi connectivity index (χ1v) is 6.20. The molecule has 0 saturated carbocycles. The van der Waals surface area contributed by atoms with Crippen molar-refractivity contribution in [3.63, 3.8) is 0 Å². The van der Waals surface area contributed by atoms with E-state index >= 15 is 0 Å².